The van der Waals surface area contributed by atoms with Gasteiger partial charge in [-0.05, 0) is 42.8 Å². The quantitative estimate of drug-likeness (QED) is 0.430. The summed E-state index contributed by atoms with van der Waals surface area (Å²) in [6, 6.07) is 23.4. The van der Waals surface area contributed by atoms with Crippen molar-refractivity contribution < 1.29 is 0 Å². The average Bonchev–Trinajstić information content (AvgIpc) is 3.12. The zero-order chi connectivity index (χ0) is 20.0. The highest BCUT2D eigenvalue weighted by molar-refractivity contribution is 6.09. The molecule has 3 heterocycles. The molecule has 0 bridgehead atoms. The number of benzene rings is 2. The Bertz CT molecular complexity index is 1310. The van der Waals surface area contributed by atoms with Crippen molar-refractivity contribution in [3.8, 4) is 22.4 Å². The number of nitrogens with one attached hydrogen (secondary N) is 1. The minimum atomic E-state index is 0.864. The number of aromatic nitrogens is 3. The molecule has 3 aromatic heterocycles. The third kappa shape index (κ3) is 3.03. The van der Waals surface area contributed by atoms with E-state index in [9.17, 15) is 0 Å². The second kappa shape index (κ2) is 6.74. The molecule has 0 aliphatic carbocycles. The summed E-state index contributed by atoms with van der Waals surface area (Å²) in [6.07, 6.45) is 1.81. The molecule has 142 valence electrons. The van der Waals surface area contributed by atoms with Crippen LogP contribution in [0.4, 0.5) is 5.69 Å². The number of aryl methyl sites for hydroxylation is 1. The summed E-state index contributed by atoms with van der Waals surface area (Å²) >= 11 is 0. The van der Waals surface area contributed by atoms with Crippen molar-refractivity contribution >= 4 is 27.8 Å². The van der Waals surface area contributed by atoms with Crippen LogP contribution in [0.2, 0.25) is 0 Å². The summed E-state index contributed by atoms with van der Waals surface area (Å²) in [5, 5.41) is 1.04. The second-order valence-corrected chi connectivity index (χ2v) is 7.61. The zero-order valence-corrected chi connectivity index (χ0v) is 16.8. The van der Waals surface area contributed by atoms with Gasteiger partial charge in [-0.1, -0.05) is 42.0 Å². The molecular formula is C25H22N4. The van der Waals surface area contributed by atoms with Crippen molar-refractivity contribution in [1.82, 2.24) is 15.0 Å². The summed E-state index contributed by atoms with van der Waals surface area (Å²) < 4.78 is 0. The molecule has 0 amide bonds. The van der Waals surface area contributed by atoms with E-state index >= 15 is 0 Å². The fourth-order valence-electron chi connectivity index (χ4n) is 3.72. The number of hydrogen-bond donors (Lipinski definition) is 1. The molecule has 4 heteroatoms. The van der Waals surface area contributed by atoms with Crippen molar-refractivity contribution in [2.75, 3.05) is 19.0 Å². The lowest BCUT2D eigenvalue weighted by atomic mass is 10.0. The van der Waals surface area contributed by atoms with E-state index in [4.69, 9.17) is 4.98 Å². The molecular weight excluding hydrogens is 356 g/mol. The van der Waals surface area contributed by atoms with Gasteiger partial charge in [0.1, 0.15) is 5.65 Å². The molecule has 0 atom stereocenters. The highest BCUT2D eigenvalue weighted by Gasteiger charge is 2.15. The number of aromatic amines is 1. The molecule has 0 aliphatic heterocycles. The van der Waals surface area contributed by atoms with Crippen LogP contribution in [0, 0.1) is 6.92 Å². The topological polar surface area (TPSA) is 44.8 Å². The molecule has 0 spiro atoms. The van der Waals surface area contributed by atoms with Crippen molar-refractivity contribution in [2.24, 2.45) is 0 Å². The van der Waals surface area contributed by atoms with Gasteiger partial charge in [0.05, 0.1) is 16.7 Å². The van der Waals surface area contributed by atoms with Crippen LogP contribution in [0.1, 0.15) is 5.56 Å². The Balaban J connectivity index is 1.78. The molecule has 5 aromatic rings. The molecule has 4 nitrogen and oxygen atoms in total. The predicted octanol–water partition coefficient (Wildman–Crippen LogP) is 5.82. The number of H-pyrrole nitrogens is 1. The zero-order valence-electron chi connectivity index (χ0n) is 16.8. The molecule has 0 saturated heterocycles. The van der Waals surface area contributed by atoms with Gasteiger partial charge in [-0.3, -0.25) is 0 Å². The number of rotatable bonds is 3. The fraction of sp³-hybridized carbons (Fsp3) is 0.120. The first-order valence-electron chi connectivity index (χ1n) is 9.72. The van der Waals surface area contributed by atoms with Crippen molar-refractivity contribution in [2.45, 2.75) is 6.92 Å². The standard InChI is InChI=1S/C25H22N4/c1-16-6-8-17(9-7-16)21-15-22(18-10-12-19(13-11-18)29(2)3)27-23-20-5-4-14-26-25(20)28-24(21)23/h4-15H,1-3H3,(H,26,28). The number of anilines is 1. The first-order chi connectivity index (χ1) is 14.1. The maximum absolute atomic E-state index is 5.03. The Labute approximate surface area is 169 Å². The van der Waals surface area contributed by atoms with Gasteiger partial charge in [0.15, 0.2) is 0 Å². The van der Waals surface area contributed by atoms with Crippen LogP contribution in [0.5, 0.6) is 0 Å². The number of nitrogens with zero attached hydrogens (tertiary/aromatic N) is 3. The third-order valence-electron chi connectivity index (χ3n) is 5.37. The van der Waals surface area contributed by atoms with E-state index in [-0.39, 0.29) is 0 Å². The van der Waals surface area contributed by atoms with E-state index in [0.29, 0.717) is 0 Å². The fourth-order valence-corrected chi connectivity index (χ4v) is 3.72. The highest BCUT2D eigenvalue weighted by atomic mass is 15.1. The molecule has 0 fully saturated rings. The van der Waals surface area contributed by atoms with Gasteiger partial charge in [-0.2, -0.15) is 0 Å². The van der Waals surface area contributed by atoms with E-state index in [0.717, 1.165) is 38.9 Å². The molecule has 1 N–H and O–H groups in total. The van der Waals surface area contributed by atoms with Gasteiger partial charge >= 0.3 is 0 Å². The Kier molecular flexibility index (Phi) is 4.06. The van der Waals surface area contributed by atoms with Gasteiger partial charge in [-0.15, -0.1) is 0 Å². The van der Waals surface area contributed by atoms with Gasteiger partial charge in [-0.25, -0.2) is 9.97 Å². The highest BCUT2D eigenvalue weighted by Crippen LogP contribution is 2.35. The second-order valence-electron chi connectivity index (χ2n) is 7.61. The monoisotopic (exact) mass is 378 g/mol. The molecule has 5 rings (SSSR count). The minimum Gasteiger partial charge on any atom is -0.378 e. The van der Waals surface area contributed by atoms with Crippen LogP contribution in [0.3, 0.4) is 0 Å². The van der Waals surface area contributed by atoms with Crippen LogP contribution >= 0.6 is 0 Å². The Morgan fingerprint density at radius 3 is 2.31 bits per heavy atom. The summed E-state index contributed by atoms with van der Waals surface area (Å²) in [7, 11) is 4.10. The minimum absolute atomic E-state index is 0.864. The third-order valence-corrected chi connectivity index (χ3v) is 5.37. The SMILES string of the molecule is Cc1ccc(-c2cc(-c3ccc(N(C)C)cc3)nc3c2[nH]c2ncccc23)cc1. The van der Waals surface area contributed by atoms with E-state index < -0.39 is 0 Å². The Hall–Kier alpha value is -3.66. The lowest BCUT2D eigenvalue weighted by Gasteiger charge is -2.13. The van der Waals surface area contributed by atoms with Crippen LogP contribution in [0.25, 0.3) is 44.5 Å². The van der Waals surface area contributed by atoms with Crippen molar-refractivity contribution in [3.63, 3.8) is 0 Å². The largest absolute Gasteiger partial charge is 0.378 e. The first-order valence-corrected chi connectivity index (χ1v) is 9.72. The van der Waals surface area contributed by atoms with Gasteiger partial charge in [0.2, 0.25) is 0 Å². The summed E-state index contributed by atoms with van der Waals surface area (Å²) in [6.45, 7) is 2.11. The predicted molar refractivity (Wildman–Crippen MR) is 121 cm³/mol. The van der Waals surface area contributed by atoms with Crippen LogP contribution in [0.15, 0.2) is 72.9 Å². The molecule has 0 unspecified atom stereocenters. The molecule has 0 aliphatic rings. The van der Waals surface area contributed by atoms with Crippen molar-refractivity contribution in [3.05, 3.63) is 78.5 Å². The van der Waals surface area contributed by atoms with E-state index in [1.165, 1.54) is 16.8 Å². The summed E-state index contributed by atoms with van der Waals surface area (Å²) in [5.41, 5.74) is 9.63. The normalized spacial score (nSPS) is 11.3. The number of hydrogen-bond acceptors (Lipinski definition) is 3. The van der Waals surface area contributed by atoms with Crippen LogP contribution < -0.4 is 4.90 Å². The lowest BCUT2D eigenvalue weighted by molar-refractivity contribution is 1.13. The number of fused-ring (bicyclic) bond motifs is 3. The van der Waals surface area contributed by atoms with Gasteiger partial charge < -0.3 is 9.88 Å². The maximum atomic E-state index is 5.03. The summed E-state index contributed by atoms with van der Waals surface area (Å²) in [4.78, 5) is 15.1. The van der Waals surface area contributed by atoms with Gasteiger partial charge in [0, 0.05) is 42.5 Å². The van der Waals surface area contributed by atoms with E-state index in [2.05, 4.69) is 82.5 Å². The Morgan fingerprint density at radius 2 is 1.59 bits per heavy atom. The lowest BCUT2D eigenvalue weighted by Crippen LogP contribution is -2.07. The van der Waals surface area contributed by atoms with Crippen LogP contribution in [-0.4, -0.2) is 29.0 Å². The number of pyridine rings is 2. The molecule has 2 aromatic carbocycles. The molecule has 29 heavy (non-hydrogen) atoms. The average molecular weight is 378 g/mol. The van der Waals surface area contributed by atoms with E-state index in [1.807, 2.05) is 26.4 Å². The smallest absolute Gasteiger partial charge is 0.139 e. The first kappa shape index (κ1) is 17.4. The van der Waals surface area contributed by atoms with E-state index in [1.54, 1.807) is 0 Å². The van der Waals surface area contributed by atoms with Crippen LogP contribution in [-0.2, 0) is 0 Å². The summed E-state index contributed by atoms with van der Waals surface area (Å²) in [5.74, 6) is 0. The van der Waals surface area contributed by atoms with Gasteiger partial charge in [0.25, 0.3) is 0 Å². The van der Waals surface area contributed by atoms with Crippen molar-refractivity contribution in [1.29, 1.82) is 0 Å². The Morgan fingerprint density at radius 1 is 0.862 bits per heavy atom. The maximum Gasteiger partial charge on any atom is 0.139 e. The molecule has 0 saturated carbocycles. The molecule has 0 radical (unpaired) electrons.